The molecule has 0 radical (unpaired) electrons. The van der Waals surface area contributed by atoms with Gasteiger partial charge in [0, 0.05) is 34.1 Å². The Labute approximate surface area is 123 Å². The van der Waals surface area contributed by atoms with Crippen molar-refractivity contribution in [2.45, 2.75) is 13.8 Å². The van der Waals surface area contributed by atoms with Crippen LogP contribution >= 0.6 is 11.3 Å². The number of nitrogens with zero attached hydrogens (tertiary/aromatic N) is 1. The van der Waals surface area contributed by atoms with Crippen molar-refractivity contribution >= 4 is 22.8 Å². The lowest BCUT2D eigenvalue weighted by atomic mass is 10.1. The number of thiophene rings is 1. The molecule has 0 aliphatic carbocycles. The van der Waals surface area contributed by atoms with E-state index in [1.807, 2.05) is 56.1 Å². The largest absolute Gasteiger partial charge is 0.497 e. The van der Waals surface area contributed by atoms with Gasteiger partial charge >= 0.3 is 0 Å². The molecule has 1 aromatic heterocycles. The third-order valence-electron chi connectivity index (χ3n) is 3.22. The Kier molecular flexibility index (Phi) is 4.45. The van der Waals surface area contributed by atoms with Crippen LogP contribution in [0, 0.1) is 13.8 Å². The molecule has 0 saturated carbocycles. The molecule has 2 aromatic rings. The zero-order chi connectivity index (χ0) is 14.7. The lowest BCUT2D eigenvalue weighted by Crippen LogP contribution is -2.25. The molecule has 2 rings (SSSR count). The summed E-state index contributed by atoms with van der Waals surface area (Å²) >= 11 is 1.67. The fraction of sp³-hybridized carbons (Fsp3) is 0.312. The van der Waals surface area contributed by atoms with E-state index in [0.29, 0.717) is 6.54 Å². The fourth-order valence-corrected chi connectivity index (χ4v) is 3.09. The number of ether oxygens (including phenoxy) is 1. The fourth-order valence-electron chi connectivity index (χ4n) is 2.15. The normalized spacial score (nSPS) is 10.4. The van der Waals surface area contributed by atoms with Gasteiger partial charge in [0.15, 0.2) is 5.78 Å². The van der Waals surface area contributed by atoms with Crippen LogP contribution in [0.4, 0.5) is 5.69 Å². The van der Waals surface area contributed by atoms with Gasteiger partial charge in [-0.15, -0.1) is 11.3 Å². The topological polar surface area (TPSA) is 29.5 Å². The highest BCUT2D eigenvalue weighted by Crippen LogP contribution is 2.23. The first-order valence-corrected chi connectivity index (χ1v) is 7.28. The van der Waals surface area contributed by atoms with Gasteiger partial charge in [-0.2, -0.15) is 0 Å². The maximum absolute atomic E-state index is 12.4. The van der Waals surface area contributed by atoms with Crippen LogP contribution in [0.15, 0.2) is 30.3 Å². The highest BCUT2D eigenvalue weighted by Gasteiger charge is 2.14. The number of benzene rings is 1. The van der Waals surface area contributed by atoms with Crippen LogP contribution in [0.2, 0.25) is 0 Å². The number of rotatable bonds is 5. The molecule has 0 N–H and O–H groups in total. The summed E-state index contributed by atoms with van der Waals surface area (Å²) in [6.07, 6.45) is 0. The number of carbonyl (C=O) groups excluding carboxylic acids is 1. The number of aryl methyl sites for hydroxylation is 2. The van der Waals surface area contributed by atoms with E-state index in [0.717, 1.165) is 21.9 Å². The Morgan fingerprint density at radius 2 is 2.05 bits per heavy atom. The van der Waals surface area contributed by atoms with Crippen molar-refractivity contribution in [1.82, 2.24) is 0 Å². The van der Waals surface area contributed by atoms with Crippen LogP contribution < -0.4 is 9.64 Å². The predicted octanol–water partition coefficient (Wildman–Crippen LogP) is 3.69. The summed E-state index contributed by atoms with van der Waals surface area (Å²) in [6.45, 7) is 4.39. The molecule has 1 heterocycles. The monoisotopic (exact) mass is 289 g/mol. The Balaban J connectivity index is 2.12. The van der Waals surface area contributed by atoms with Crippen LogP contribution in [0.25, 0.3) is 0 Å². The lowest BCUT2D eigenvalue weighted by Gasteiger charge is -2.19. The van der Waals surface area contributed by atoms with Gasteiger partial charge in [0.2, 0.25) is 0 Å². The second-order valence-corrected chi connectivity index (χ2v) is 6.27. The van der Waals surface area contributed by atoms with Gasteiger partial charge in [0.05, 0.1) is 13.7 Å². The second kappa shape index (κ2) is 6.09. The average molecular weight is 289 g/mol. The van der Waals surface area contributed by atoms with Crippen LogP contribution in [0.5, 0.6) is 5.75 Å². The van der Waals surface area contributed by atoms with E-state index in [9.17, 15) is 4.79 Å². The predicted molar refractivity (Wildman–Crippen MR) is 84.4 cm³/mol. The maximum atomic E-state index is 12.4. The van der Waals surface area contributed by atoms with Gasteiger partial charge in [0.25, 0.3) is 0 Å². The summed E-state index contributed by atoms with van der Waals surface area (Å²) in [5.74, 6) is 0.946. The van der Waals surface area contributed by atoms with E-state index in [-0.39, 0.29) is 5.78 Å². The number of likely N-dealkylation sites (N-methyl/N-ethyl adjacent to an activating group) is 1. The number of methoxy groups -OCH3 is 1. The second-order valence-electron chi connectivity index (χ2n) is 4.81. The van der Waals surface area contributed by atoms with Gasteiger partial charge < -0.3 is 9.64 Å². The number of anilines is 1. The first kappa shape index (κ1) is 14.6. The SMILES string of the molecule is COc1cccc(N(C)CC(=O)c2cc(C)sc2C)c1. The molecule has 0 unspecified atom stereocenters. The van der Waals surface area contributed by atoms with Gasteiger partial charge in [-0.3, -0.25) is 4.79 Å². The zero-order valence-electron chi connectivity index (χ0n) is 12.3. The number of carbonyl (C=O) groups is 1. The minimum absolute atomic E-state index is 0.150. The van der Waals surface area contributed by atoms with Gasteiger partial charge in [0.1, 0.15) is 5.75 Å². The van der Waals surface area contributed by atoms with Crippen molar-refractivity contribution < 1.29 is 9.53 Å². The van der Waals surface area contributed by atoms with Crippen LogP contribution in [-0.4, -0.2) is 26.5 Å². The van der Waals surface area contributed by atoms with Crippen molar-refractivity contribution in [3.8, 4) is 5.75 Å². The van der Waals surface area contributed by atoms with Gasteiger partial charge in [-0.25, -0.2) is 0 Å². The average Bonchev–Trinajstić information content (AvgIpc) is 2.77. The first-order chi connectivity index (χ1) is 9.51. The Morgan fingerprint density at radius 3 is 2.65 bits per heavy atom. The summed E-state index contributed by atoms with van der Waals surface area (Å²) < 4.78 is 5.21. The third kappa shape index (κ3) is 3.20. The molecule has 0 aliphatic heterocycles. The molecule has 106 valence electrons. The summed E-state index contributed by atoms with van der Waals surface area (Å²) in [7, 11) is 3.56. The molecule has 0 aliphatic rings. The molecule has 0 fully saturated rings. The molecule has 0 saturated heterocycles. The van der Waals surface area contributed by atoms with Crippen LogP contribution in [-0.2, 0) is 0 Å². The van der Waals surface area contributed by atoms with Crippen LogP contribution in [0.1, 0.15) is 20.1 Å². The standard InChI is InChI=1S/C16H19NO2S/c1-11-8-15(12(2)20-11)16(18)10-17(3)13-6-5-7-14(9-13)19-4/h5-9H,10H2,1-4H3. The smallest absolute Gasteiger partial charge is 0.183 e. The summed E-state index contributed by atoms with van der Waals surface area (Å²) in [5.41, 5.74) is 1.81. The van der Waals surface area contributed by atoms with E-state index >= 15 is 0 Å². The maximum Gasteiger partial charge on any atom is 0.183 e. The van der Waals surface area contributed by atoms with Crippen molar-refractivity contribution in [2.24, 2.45) is 0 Å². The van der Waals surface area contributed by atoms with Crippen molar-refractivity contribution in [2.75, 3.05) is 25.6 Å². The van der Waals surface area contributed by atoms with E-state index in [1.54, 1.807) is 18.4 Å². The van der Waals surface area contributed by atoms with Crippen molar-refractivity contribution in [1.29, 1.82) is 0 Å². The molecule has 1 aromatic carbocycles. The Bertz CT molecular complexity index is 619. The molecule has 0 spiro atoms. The summed E-state index contributed by atoms with van der Waals surface area (Å²) in [6, 6.07) is 9.70. The molecular formula is C16H19NO2S. The molecule has 4 heteroatoms. The lowest BCUT2D eigenvalue weighted by molar-refractivity contribution is 0.1000. The van der Waals surface area contributed by atoms with E-state index in [2.05, 4.69) is 0 Å². The first-order valence-electron chi connectivity index (χ1n) is 6.46. The van der Waals surface area contributed by atoms with E-state index in [1.165, 1.54) is 4.88 Å². The number of hydrogen-bond donors (Lipinski definition) is 0. The summed E-state index contributed by atoms with van der Waals surface area (Å²) in [4.78, 5) is 16.6. The Morgan fingerprint density at radius 1 is 1.30 bits per heavy atom. The Hall–Kier alpha value is -1.81. The molecule has 20 heavy (non-hydrogen) atoms. The molecule has 0 bridgehead atoms. The third-order valence-corrected chi connectivity index (χ3v) is 4.18. The minimum atomic E-state index is 0.150. The number of ketones is 1. The molecular weight excluding hydrogens is 270 g/mol. The zero-order valence-corrected chi connectivity index (χ0v) is 13.1. The van der Waals surface area contributed by atoms with Crippen LogP contribution in [0.3, 0.4) is 0 Å². The van der Waals surface area contributed by atoms with E-state index < -0.39 is 0 Å². The van der Waals surface area contributed by atoms with Gasteiger partial charge in [-0.1, -0.05) is 6.07 Å². The molecule has 0 amide bonds. The van der Waals surface area contributed by atoms with Crippen molar-refractivity contribution in [3.05, 3.63) is 45.6 Å². The number of Topliss-reactive ketones (excluding diaryl/α,β-unsaturated/α-hetero) is 1. The van der Waals surface area contributed by atoms with E-state index in [4.69, 9.17) is 4.74 Å². The highest BCUT2D eigenvalue weighted by atomic mass is 32.1. The molecule has 0 atom stereocenters. The molecule has 3 nitrogen and oxygen atoms in total. The quantitative estimate of drug-likeness (QED) is 0.786. The highest BCUT2D eigenvalue weighted by molar-refractivity contribution is 7.12. The minimum Gasteiger partial charge on any atom is -0.497 e. The number of hydrogen-bond acceptors (Lipinski definition) is 4. The van der Waals surface area contributed by atoms with Gasteiger partial charge in [-0.05, 0) is 32.0 Å². The summed E-state index contributed by atoms with van der Waals surface area (Å²) in [5, 5.41) is 0. The van der Waals surface area contributed by atoms with Crippen molar-refractivity contribution in [3.63, 3.8) is 0 Å².